The molecule has 0 radical (unpaired) electrons. The Bertz CT molecular complexity index is 1170. The molecule has 1 saturated heterocycles. The highest BCUT2D eigenvalue weighted by molar-refractivity contribution is 6.06. The van der Waals surface area contributed by atoms with Crippen LogP contribution in [-0.4, -0.2) is 37.5 Å². The maximum atomic E-state index is 13.8. The van der Waals surface area contributed by atoms with Gasteiger partial charge in [0.15, 0.2) is 11.5 Å². The third-order valence-electron chi connectivity index (χ3n) is 7.23. The molecule has 35 heavy (non-hydrogen) atoms. The van der Waals surface area contributed by atoms with Crippen LogP contribution in [0.15, 0.2) is 91.0 Å². The van der Waals surface area contributed by atoms with Crippen LogP contribution in [0.4, 0.5) is 0 Å². The monoisotopic (exact) mass is 467 g/mol. The number of carbonyl (C=O) groups is 2. The van der Waals surface area contributed by atoms with Crippen molar-refractivity contribution < 1.29 is 19.1 Å². The second kappa shape index (κ2) is 9.79. The number of allylic oxidation sites excluding steroid dienone is 2. The molecular formula is C30H29NO4. The zero-order valence-electron chi connectivity index (χ0n) is 20.0. The first kappa shape index (κ1) is 22.9. The summed E-state index contributed by atoms with van der Waals surface area (Å²) in [5.41, 5.74) is 3.11. The first-order valence-corrected chi connectivity index (χ1v) is 12.0. The third-order valence-corrected chi connectivity index (χ3v) is 7.23. The molecule has 5 heteroatoms. The Balaban J connectivity index is 1.45. The number of rotatable bonds is 7. The van der Waals surface area contributed by atoms with E-state index in [9.17, 15) is 9.59 Å². The SMILES string of the molecule is COc1ccc(CCN2C(=O)[C@@H]3[C@@H](C2=O)[C@H](c2ccccc2)C=C[C@@H]3c2ccccc2)cc1OC. The number of benzene rings is 3. The number of ether oxygens (including phenoxy) is 2. The van der Waals surface area contributed by atoms with Crippen LogP contribution in [0.5, 0.6) is 11.5 Å². The van der Waals surface area contributed by atoms with E-state index in [1.165, 1.54) is 4.90 Å². The van der Waals surface area contributed by atoms with Crippen LogP contribution in [0.3, 0.4) is 0 Å². The Kier molecular flexibility index (Phi) is 6.41. The Morgan fingerprint density at radius 1 is 0.686 bits per heavy atom. The average molecular weight is 468 g/mol. The van der Waals surface area contributed by atoms with Crippen molar-refractivity contribution in [1.82, 2.24) is 4.90 Å². The van der Waals surface area contributed by atoms with Gasteiger partial charge in [0, 0.05) is 18.4 Å². The van der Waals surface area contributed by atoms with Crippen molar-refractivity contribution in [3.8, 4) is 11.5 Å². The summed E-state index contributed by atoms with van der Waals surface area (Å²) in [5, 5.41) is 0. The number of hydrogen-bond acceptors (Lipinski definition) is 4. The molecular weight excluding hydrogens is 438 g/mol. The number of amides is 2. The van der Waals surface area contributed by atoms with E-state index in [4.69, 9.17) is 9.47 Å². The summed E-state index contributed by atoms with van der Waals surface area (Å²) in [7, 11) is 3.20. The van der Waals surface area contributed by atoms with Gasteiger partial charge in [0.1, 0.15) is 0 Å². The summed E-state index contributed by atoms with van der Waals surface area (Å²) in [5.74, 6) is 0.0518. The first-order valence-electron chi connectivity index (χ1n) is 12.0. The molecule has 0 spiro atoms. The van der Waals surface area contributed by atoms with Gasteiger partial charge in [-0.05, 0) is 35.2 Å². The van der Waals surface area contributed by atoms with E-state index in [2.05, 4.69) is 12.2 Å². The van der Waals surface area contributed by atoms with Gasteiger partial charge in [-0.25, -0.2) is 0 Å². The zero-order valence-corrected chi connectivity index (χ0v) is 20.0. The molecule has 1 fully saturated rings. The fourth-order valence-corrected chi connectivity index (χ4v) is 5.49. The Morgan fingerprint density at radius 3 is 1.69 bits per heavy atom. The summed E-state index contributed by atoms with van der Waals surface area (Å²) < 4.78 is 10.7. The van der Waals surface area contributed by atoms with Crippen molar-refractivity contribution >= 4 is 11.8 Å². The van der Waals surface area contributed by atoms with E-state index in [-0.39, 0.29) is 23.7 Å². The number of imide groups is 1. The number of hydrogen-bond donors (Lipinski definition) is 0. The van der Waals surface area contributed by atoms with Gasteiger partial charge >= 0.3 is 0 Å². The van der Waals surface area contributed by atoms with Gasteiger partial charge < -0.3 is 9.47 Å². The molecule has 2 amide bonds. The zero-order chi connectivity index (χ0) is 24.4. The van der Waals surface area contributed by atoms with Crippen molar-refractivity contribution in [3.63, 3.8) is 0 Å². The Hall–Kier alpha value is -3.86. The van der Waals surface area contributed by atoms with E-state index in [1.807, 2.05) is 78.9 Å². The van der Waals surface area contributed by atoms with E-state index in [0.717, 1.165) is 16.7 Å². The van der Waals surface area contributed by atoms with Crippen LogP contribution >= 0.6 is 0 Å². The summed E-state index contributed by atoms with van der Waals surface area (Å²) in [6.45, 7) is 0.336. The fraction of sp³-hybridized carbons (Fsp3) is 0.267. The minimum atomic E-state index is -0.412. The van der Waals surface area contributed by atoms with Gasteiger partial charge in [0.05, 0.1) is 26.1 Å². The van der Waals surface area contributed by atoms with Crippen LogP contribution in [0.25, 0.3) is 0 Å². The predicted octanol–water partition coefficient (Wildman–Crippen LogP) is 4.98. The lowest BCUT2D eigenvalue weighted by atomic mass is 9.68. The minimum absolute atomic E-state index is 0.0837. The number of likely N-dealkylation sites (tertiary alicyclic amines) is 1. The van der Waals surface area contributed by atoms with Gasteiger partial charge in [-0.2, -0.15) is 0 Å². The topological polar surface area (TPSA) is 55.8 Å². The van der Waals surface area contributed by atoms with Crippen molar-refractivity contribution in [3.05, 3.63) is 108 Å². The predicted molar refractivity (Wildman–Crippen MR) is 134 cm³/mol. The van der Waals surface area contributed by atoms with Crippen molar-refractivity contribution in [1.29, 1.82) is 0 Å². The average Bonchev–Trinajstić information content (AvgIpc) is 3.17. The molecule has 3 aromatic carbocycles. The van der Waals surface area contributed by atoms with Gasteiger partial charge in [-0.3, -0.25) is 14.5 Å². The third kappa shape index (κ3) is 4.23. The molecule has 0 saturated carbocycles. The molecule has 0 N–H and O–H groups in total. The lowest BCUT2D eigenvalue weighted by Crippen LogP contribution is -2.33. The van der Waals surface area contributed by atoms with Gasteiger partial charge in [0.2, 0.25) is 11.8 Å². The molecule has 3 aromatic rings. The number of methoxy groups -OCH3 is 2. The lowest BCUT2D eigenvalue weighted by Gasteiger charge is -2.32. The highest BCUT2D eigenvalue weighted by atomic mass is 16.5. The van der Waals surface area contributed by atoms with Gasteiger partial charge in [-0.15, -0.1) is 0 Å². The molecule has 1 aliphatic carbocycles. The molecule has 5 nitrogen and oxygen atoms in total. The lowest BCUT2D eigenvalue weighted by molar-refractivity contribution is -0.139. The standard InChI is InChI=1S/C30H29NO4/c1-34-25-16-13-20(19-26(25)35-2)17-18-31-29(32)27-23(21-9-5-3-6-10-21)14-15-24(28(27)30(31)33)22-11-7-4-8-12-22/h3-16,19,23-24,27-28H,17-18H2,1-2H3/t23-,24+,27-,28-/m0/s1. The molecule has 178 valence electrons. The molecule has 5 rings (SSSR count). The van der Waals surface area contributed by atoms with Crippen molar-refractivity contribution in [2.45, 2.75) is 18.3 Å². The second-order valence-electron chi connectivity index (χ2n) is 9.08. The Morgan fingerprint density at radius 2 is 1.20 bits per heavy atom. The number of nitrogens with zero attached hydrogens (tertiary/aromatic N) is 1. The maximum Gasteiger partial charge on any atom is 0.234 e. The smallest absolute Gasteiger partial charge is 0.234 e. The van der Waals surface area contributed by atoms with Crippen molar-refractivity contribution in [2.75, 3.05) is 20.8 Å². The largest absolute Gasteiger partial charge is 0.493 e. The fourth-order valence-electron chi connectivity index (χ4n) is 5.49. The van der Waals surface area contributed by atoms with Crippen LogP contribution < -0.4 is 9.47 Å². The molecule has 1 heterocycles. The van der Waals surface area contributed by atoms with E-state index < -0.39 is 11.8 Å². The van der Waals surface area contributed by atoms with E-state index in [0.29, 0.717) is 24.5 Å². The number of fused-ring (bicyclic) bond motifs is 1. The van der Waals surface area contributed by atoms with Gasteiger partial charge in [-0.1, -0.05) is 78.9 Å². The molecule has 4 atom stereocenters. The highest BCUT2D eigenvalue weighted by Gasteiger charge is 2.54. The molecule has 2 aliphatic rings. The van der Waals surface area contributed by atoms with Crippen LogP contribution in [0, 0.1) is 11.8 Å². The maximum absolute atomic E-state index is 13.8. The summed E-state index contributed by atoms with van der Waals surface area (Å²) in [4.78, 5) is 29.0. The van der Waals surface area contributed by atoms with Gasteiger partial charge in [0.25, 0.3) is 0 Å². The van der Waals surface area contributed by atoms with Crippen LogP contribution in [-0.2, 0) is 16.0 Å². The molecule has 0 aromatic heterocycles. The van der Waals surface area contributed by atoms with Crippen LogP contribution in [0.1, 0.15) is 28.5 Å². The molecule has 0 unspecified atom stereocenters. The normalized spacial score (nSPS) is 23.3. The molecule has 0 bridgehead atoms. The Labute approximate surface area is 206 Å². The quantitative estimate of drug-likeness (QED) is 0.363. The summed E-state index contributed by atoms with van der Waals surface area (Å²) in [6.07, 6.45) is 4.80. The highest BCUT2D eigenvalue weighted by Crippen LogP contribution is 2.49. The number of carbonyl (C=O) groups excluding carboxylic acids is 2. The minimum Gasteiger partial charge on any atom is -0.493 e. The summed E-state index contributed by atoms with van der Waals surface area (Å²) in [6, 6.07) is 25.7. The van der Waals surface area contributed by atoms with E-state index >= 15 is 0 Å². The van der Waals surface area contributed by atoms with Crippen molar-refractivity contribution in [2.24, 2.45) is 11.8 Å². The van der Waals surface area contributed by atoms with E-state index in [1.54, 1.807) is 14.2 Å². The first-order chi connectivity index (χ1) is 17.1. The molecule has 1 aliphatic heterocycles. The van der Waals surface area contributed by atoms with Crippen LogP contribution in [0.2, 0.25) is 0 Å². The summed E-state index contributed by atoms with van der Waals surface area (Å²) >= 11 is 0. The second-order valence-corrected chi connectivity index (χ2v) is 9.08.